The molecule has 0 bridgehead atoms. The molecule has 4 atom stereocenters. The Balaban J connectivity index is 1.08. The highest BCUT2D eigenvalue weighted by molar-refractivity contribution is 5.80. The summed E-state index contributed by atoms with van der Waals surface area (Å²) in [7, 11) is 0. The Bertz CT molecular complexity index is 1550. The largest absolute Gasteiger partial charge is 0.486 e. The van der Waals surface area contributed by atoms with Crippen LogP contribution >= 0.6 is 0 Å². The van der Waals surface area contributed by atoms with Gasteiger partial charge >= 0.3 is 0 Å². The number of nitrogens with zero attached hydrogens (tertiary/aromatic N) is 7. The molecular weight excluding hydrogens is 579 g/mol. The van der Waals surface area contributed by atoms with Crippen molar-refractivity contribution in [2.24, 2.45) is 0 Å². The van der Waals surface area contributed by atoms with Crippen molar-refractivity contribution in [2.45, 2.75) is 50.7 Å². The highest BCUT2D eigenvalue weighted by Gasteiger charge is 2.35. The van der Waals surface area contributed by atoms with E-state index in [-0.39, 0.29) is 30.8 Å². The third-order valence-corrected chi connectivity index (χ3v) is 8.61. The number of hydrogen-bond acceptors (Lipinski definition) is 11. The van der Waals surface area contributed by atoms with Gasteiger partial charge in [0.1, 0.15) is 30.4 Å². The Labute approximate surface area is 261 Å². The molecule has 1 aromatic heterocycles. The summed E-state index contributed by atoms with van der Waals surface area (Å²) in [5.74, 6) is 0.448. The number of aliphatic hydroxyl groups excluding tert-OH is 1. The van der Waals surface area contributed by atoms with Crippen LogP contribution in [0.4, 0.5) is 21.7 Å². The fourth-order valence-electron chi connectivity index (χ4n) is 6.00. The molecule has 45 heavy (non-hydrogen) atoms. The van der Waals surface area contributed by atoms with Crippen molar-refractivity contribution < 1.29 is 23.8 Å². The van der Waals surface area contributed by atoms with Gasteiger partial charge in [0.05, 0.1) is 31.4 Å². The molecule has 0 aliphatic carbocycles. The van der Waals surface area contributed by atoms with Crippen molar-refractivity contribution in [1.29, 1.82) is 5.26 Å². The van der Waals surface area contributed by atoms with E-state index in [0.29, 0.717) is 29.4 Å². The summed E-state index contributed by atoms with van der Waals surface area (Å²) in [6.07, 6.45) is -1.83. The highest BCUT2D eigenvalue weighted by atomic mass is 19.1. The summed E-state index contributed by atoms with van der Waals surface area (Å²) < 4.78 is 26.1. The van der Waals surface area contributed by atoms with Crippen LogP contribution in [0, 0.1) is 11.3 Å². The van der Waals surface area contributed by atoms with Crippen LogP contribution in [0.25, 0.3) is 11.4 Å². The zero-order valence-electron chi connectivity index (χ0n) is 25.3. The quantitative estimate of drug-likeness (QED) is 0.386. The van der Waals surface area contributed by atoms with E-state index in [4.69, 9.17) is 9.47 Å². The number of alkyl halides is 1. The maximum atomic E-state index is 14.9. The van der Waals surface area contributed by atoms with Crippen LogP contribution in [0.3, 0.4) is 0 Å². The molecule has 2 N–H and O–H groups in total. The normalized spacial score (nSPS) is 23.1. The Morgan fingerprint density at radius 2 is 1.96 bits per heavy atom. The topological polar surface area (TPSA) is 140 Å². The summed E-state index contributed by atoms with van der Waals surface area (Å²) in [5.41, 5.74) is 2.79. The molecule has 12 nitrogen and oxygen atoms in total. The third-order valence-electron chi connectivity index (χ3n) is 8.61. The summed E-state index contributed by atoms with van der Waals surface area (Å²) >= 11 is 0. The first-order chi connectivity index (χ1) is 21.8. The van der Waals surface area contributed by atoms with Gasteiger partial charge in [-0.25, -0.2) is 14.4 Å². The van der Waals surface area contributed by atoms with E-state index in [1.807, 2.05) is 12.1 Å². The average Bonchev–Trinajstić information content (AvgIpc) is 3.01. The number of carbonyl (C=O) groups excluding carboxylic acids is 1. The van der Waals surface area contributed by atoms with E-state index in [9.17, 15) is 19.6 Å². The molecule has 2 aromatic carbocycles. The van der Waals surface area contributed by atoms with E-state index in [1.165, 1.54) is 18.2 Å². The minimum atomic E-state index is -1.46. The lowest BCUT2D eigenvalue weighted by Crippen LogP contribution is -2.59. The van der Waals surface area contributed by atoms with Crippen LogP contribution in [0.5, 0.6) is 5.75 Å². The lowest BCUT2D eigenvalue weighted by molar-refractivity contribution is -0.143. The molecule has 3 aromatic rings. The molecule has 236 valence electrons. The Morgan fingerprint density at radius 3 is 2.62 bits per heavy atom. The molecule has 1 amide bonds. The Morgan fingerprint density at radius 1 is 1.16 bits per heavy atom. The van der Waals surface area contributed by atoms with E-state index >= 15 is 0 Å². The molecule has 3 aliphatic rings. The van der Waals surface area contributed by atoms with Crippen LogP contribution < -0.4 is 15.0 Å². The van der Waals surface area contributed by atoms with Crippen LogP contribution in [0.2, 0.25) is 0 Å². The SMILES string of the molecule is CC(O)C(=O)N1CC[C@H](Oc2ccc(-c3ncnc(Nc4ccc(N5CCN(C6COC6)CC5C)cc4)n3)cc2C#N)[C@H](F)C1. The van der Waals surface area contributed by atoms with Gasteiger partial charge in [-0.15, -0.1) is 0 Å². The number of halogens is 1. The summed E-state index contributed by atoms with van der Waals surface area (Å²) in [6.45, 7) is 8.37. The predicted octanol–water partition coefficient (Wildman–Crippen LogP) is 2.76. The molecule has 0 spiro atoms. The molecular formula is C32H37FN8O4. The van der Waals surface area contributed by atoms with Gasteiger partial charge in [0.2, 0.25) is 5.95 Å². The molecule has 3 fully saturated rings. The molecule has 0 saturated carbocycles. The van der Waals surface area contributed by atoms with E-state index < -0.39 is 24.3 Å². The minimum Gasteiger partial charge on any atom is -0.486 e. The molecule has 0 radical (unpaired) electrons. The van der Waals surface area contributed by atoms with Gasteiger partial charge in [0.15, 0.2) is 12.0 Å². The Hall–Kier alpha value is -4.38. The minimum absolute atomic E-state index is 0.176. The van der Waals surface area contributed by atoms with Crippen molar-refractivity contribution in [2.75, 3.05) is 56.2 Å². The maximum absolute atomic E-state index is 14.9. The number of benzene rings is 2. The van der Waals surface area contributed by atoms with Crippen molar-refractivity contribution >= 4 is 23.2 Å². The van der Waals surface area contributed by atoms with Crippen LogP contribution in [0.15, 0.2) is 48.8 Å². The first-order valence-electron chi connectivity index (χ1n) is 15.3. The van der Waals surface area contributed by atoms with Crippen LogP contribution in [-0.4, -0.2) is 112 Å². The number of aromatic nitrogens is 3. The van der Waals surface area contributed by atoms with Gasteiger partial charge < -0.3 is 29.7 Å². The van der Waals surface area contributed by atoms with Gasteiger partial charge in [-0.2, -0.15) is 10.2 Å². The van der Waals surface area contributed by atoms with Crippen LogP contribution in [0.1, 0.15) is 25.8 Å². The molecule has 4 heterocycles. The zero-order chi connectivity index (χ0) is 31.5. The van der Waals surface area contributed by atoms with E-state index in [2.05, 4.69) is 55.2 Å². The lowest BCUT2D eigenvalue weighted by Gasteiger charge is -2.46. The third kappa shape index (κ3) is 6.83. The van der Waals surface area contributed by atoms with Crippen molar-refractivity contribution in [3.8, 4) is 23.2 Å². The number of amides is 1. The molecule has 3 saturated heterocycles. The number of piperidine rings is 1. The van der Waals surface area contributed by atoms with Gasteiger partial charge in [0, 0.05) is 55.6 Å². The number of nitriles is 1. The molecule has 6 rings (SSSR count). The van der Waals surface area contributed by atoms with Crippen LogP contribution in [-0.2, 0) is 9.53 Å². The lowest BCUT2D eigenvalue weighted by atomic mass is 10.0. The summed E-state index contributed by atoms with van der Waals surface area (Å²) in [4.78, 5) is 31.4. The number of aliphatic hydroxyl groups is 1. The maximum Gasteiger partial charge on any atom is 0.251 e. The fraction of sp³-hybridized carbons (Fsp3) is 0.469. The van der Waals surface area contributed by atoms with Crippen molar-refractivity contribution in [1.82, 2.24) is 24.8 Å². The molecule has 3 aliphatic heterocycles. The number of anilines is 3. The zero-order valence-corrected chi connectivity index (χ0v) is 25.3. The van der Waals surface area contributed by atoms with Crippen molar-refractivity contribution in [3.63, 3.8) is 0 Å². The first-order valence-corrected chi connectivity index (χ1v) is 15.3. The van der Waals surface area contributed by atoms with Gasteiger partial charge in [-0.05, 0) is 56.3 Å². The number of hydrogen-bond donors (Lipinski definition) is 2. The predicted molar refractivity (Wildman–Crippen MR) is 165 cm³/mol. The van der Waals surface area contributed by atoms with Gasteiger partial charge in [0.25, 0.3) is 5.91 Å². The standard InChI is InChI=1S/C32H37FN8O4/c1-20-15-39(26-17-44-18-26)11-12-41(20)25-6-4-24(5-7-25)37-32-36-19-35-30(38-32)22-3-8-28(23(13-22)14-34)45-29-9-10-40(16-27(29)33)31(43)21(2)42/h3-8,13,19-21,26-27,29,42H,9-12,15-18H2,1-2H3,(H,35,36,37,38)/t20?,21?,27-,29+/m1/s1. The van der Waals surface area contributed by atoms with E-state index in [1.54, 1.807) is 18.2 Å². The van der Waals surface area contributed by atoms with E-state index in [0.717, 1.165) is 44.2 Å². The smallest absolute Gasteiger partial charge is 0.251 e. The number of ether oxygens (including phenoxy) is 2. The van der Waals surface area contributed by atoms with Gasteiger partial charge in [-0.1, -0.05) is 0 Å². The summed E-state index contributed by atoms with van der Waals surface area (Å²) in [5, 5.41) is 22.6. The second-order valence-electron chi connectivity index (χ2n) is 11.8. The highest BCUT2D eigenvalue weighted by Crippen LogP contribution is 2.29. The average molecular weight is 617 g/mol. The second kappa shape index (κ2) is 13.3. The fourth-order valence-corrected chi connectivity index (χ4v) is 6.00. The number of likely N-dealkylation sites (tertiary alicyclic amines) is 1. The monoisotopic (exact) mass is 616 g/mol. The van der Waals surface area contributed by atoms with Crippen molar-refractivity contribution in [3.05, 3.63) is 54.4 Å². The number of rotatable bonds is 8. The summed E-state index contributed by atoms with van der Waals surface area (Å²) in [6, 6.07) is 16.2. The first kappa shape index (κ1) is 30.6. The second-order valence-corrected chi connectivity index (χ2v) is 11.8. The number of nitrogens with one attached hydrogen (secondary N) is 1. The number of piperazine rings is 1. The molecule has 13 heteroatoms. The molecule has 2 unspecified atom stereocenters. The van der Waals surface area contributed by atoms with Gasteiger partial charge in [-0.3, -0.25) is 9.69 Å². The Kier molecular flexibility index (Phi) is 9.07. The number of carbonyl (C=O) groups is 1.